The molecule has 7 heteroatoms. The number of rotatable bonds is 5. The van der Waals surface area contributed by atoms with Crippen LogP contribution in [0.25, 0.3) is 0 Å². The Morgan fingerprint density at radius 3 is 2.87 bits per heavy atom. The summed E-state index contributed by atoms with van der Waals surface area (Å²) in [6.45, 7) is 0.508. The van der Waals surface area contributed by atoms with E-state index in [0.29, 0.717) is 13.0 Å². The Kier molecular flexibility index (Phi) is 4.26. The summed E-state index contributed by atoms with van der Waals surface area (Å²) >= 11 is 5.75. The summed E-state index contributed by atoms with van der Waals surface area (Å²) in [5.74, 6) is -0.940. The molecular weight excluding hydrogens is 222 g/mol. The Labute approximate surface area is 90.9 Å². The number of carbonyl (C=O) groups is 1. The molecule has 0 saturated carbocycles. The average Bonchev–Trinajstić information content (AvgIpc) is 2.20. The minimum Gasteiger partial charge on any atom is -0.476 e. The number of hydrogen-bond donors (Lipinski definition) is 3. The summed E-state index contributed by atoms with van der Waals surface area (Å²) in [4.78, 5) is 18.0. The van der Waals surface area contributed by atoms with Crippen LogP contribution in [0.2, 0.25) is 5.02 Å². The molecule has 1 aromatic heterocycles. The number of carboxylic acids is 1. The lowest BCUT2D eigenvalue weighted by Gasteiger charge is -2.06. The fourth-order valence-corrected chi connectivity index (χ4v) is 1.17. The van der Waals surface area contributed by atoms with Gasteiger partial charge in [0.1, 0.15) is 17.2 Å². The van der Waals surface area contributed by atoms with Gasteiger partial charge in [0.15, 0.2) is 5.69 Å². The van der Waals surface area contributed by atoms with Gasteiger partial charge in [0.2, 0.25) is 0 Å². The molecule has 0 fully saturated rings. The molecule has 82 valence electrons. The lowest BCUT2D eigenvalue weighted by atomic mass is 10.3. The van der Waals surface area contributed by atoms with Gasteiger partial charge >= 0.3 is 5.97 Å². The topological polar surface area (TPSA) is 95.3 Å². The summed E-state index contributed by atoms with van der Waals surface area (Å²) in [6.07, 6.45) is 1.65. The van der Waals surface area contributed by atoms with E-state index in [9.17, 15) is 4.79 Å². The normalized spacial score (nSPS) is 10.0. The lowest BCUT2D eigenvalue weighted by Crippen LogP contribution is -2.09. The Hall–Kier alpha value is -1.40. The van der Waals surface area contributed by atoms with Crippen molar-refractivity contribution in [1.82, 2.24) is 9.97 Å². The standard InChI is InChI=1S/C8H10ClN3O3/c9-5-6(8(14)15)11-4-12-7(5)10-2-1-3-13/h4,13H,1-3H2,(H,14,15)(H,10,11,12). The highest BCUT2D eigenvalue weighted by Gasteiger charge is 2.14. The number of nitrogens with one attached hydrogen (secondary N) is 1. The first-order chi connectivity index (χ1) is 7.16. The highest BCUT2D eigenvalue weighted by molar-refractivity contribution is 6.35. The molecule has 15 heavy (non-hydrogen) atoms. The molecule has 1 rings (SSSR count). The number of aromatic carboxylic acids is 1. The molecule has 0 aliphatic heterocycles. The smallest absolute Gasteiger partial charge is 0.356 e. The molecule has 0 spiro atoms. The SMILES string of the molecule is O=C(O)c1ncnc(NCCCO)c1Cl. The molecule has 0 aliphatic carbocycles. The van der Waals surface area contributed by atoms with Crippen molar-refractivity contribution < 1.29 is 15.0 Å². The number of aromatic nitrogens is 2. The van der Waals surface area contributed by atoms with Crippen molar-refractivity contribution in [3.63, 3.8) is 0 Å². The van der Waals surface area contributed by atoms with Gasteiger partial charge in [-0.3, -0.25) is 0 Å². The third-order valence-corrected chi connectivity index (χ3v) is 1.98. The van der Waals surface area contributed by atoms with Crippen molar-refractivity contribution in [1.29, 1.82) is 0 Å². The van der Waals surface area contributed by atoms with Crippen LogP contribution >= 0.6 is 11.6 Å². The van der Waals surface area contributed by atoms with E-state index in [1.165, 1.54) is 0 Å². The zero-order valence-electron chi connectivity index (χ0n) is 7.77. The zero-order valence-corrected chi connectivity index (χ0v) is 8.53. The van der Waals surface area contributed by atoms with Crippen molar-refractivity contribution in [2.45, 2.75) is 6.42 Å². The lowest BCUT2D eigenvalue weighted by molar-refractivity contribution is 0.0690. The van der Waals surface area contributed by atoms with E-state index in [4.69, 9.17) is 21.8 Å². The maximum atomic E-state index is 10.7. The fourth-order valence-electron chi connectivity index (χ4n) is 0.928. The van der Waals surface area contributed by atoms with Gasteiger partial charge in [0.05, 0.1) is 0 Å². The molecule has 0 amide bonds. The summed E-state index contributed by atoms with van der Waals surface area (Å²) < 4.78 is 0. The Balaban J connectivity index is 2.80. The molecule has 0 unspecified atom stereocenters. The summed E-state index contributed by atoms with van der Waals surface area (Å²) in [5, 5.41) is 20.1. The van der Waals surface area contributed by atoms with Gasteiger partial charge < -0.3 is 15.5 Å². The fraction of sp³-hybridized carbons (Fsp3) is 0.375. The molecule has 0 aromatic carbocycles. The van der Waals surface area contributed by atoms with Crippen molar-refractivity contribution in [2.24, 2.45) is 0 Å². The van der Waals surface area contributed by atoms with Gasteiger partial charge in [0.25, 0.3) is 0 Å². The molecule has 3 N–H and O–H groups in total. The molecule has 0 saturated heterocycles. The van der Waals surface area contributed by atoms with E-state index in [1.54, 1.807) is 0 Å². The number of halogens is 1. The molecule has 1 heterocycles. The van der Waals surface area contributed by atoms with Crippen molar-refractivity contribution in [3.05, 3.63) is 17.0 Å². The highest BCUT2D eigenvalue weighted by Crippen LogP contribution is 2.21. The van der Waals surface area contributed by atoms with Crippen LogP contribution in [0.5, 0.6) is 0 Å². The molecule has 1 aromatic rings. The Bertz CT molecular complexity index is 359. The largest absolute Gasteiger partial charge is 0.476 e. The van der Waals surface area contributed by atoms with Crippen LogP contribution in [0.1, 0.15) is 16.9 Å². The van der Waals surface area contributed by atoms with Crippen LogP contribution in [0.3, 0.4) is 0 Å². The van der Waals surface area contributed by atoms with E-state index in [1.807, 2.05) is 0 Å². The van der Waals surface area contributed by atoms with Gasteiger partial charge in [0, 0.05) is 13.2 Å². The van der Waals surface area contributed by atoms with Gasteiger partial charge in [-0.15, -0.1) is 0 Å². The van der Waals surface area contributed by atoms with E-state index >= 15 is 0 Å². The van der Waals surface area contributed by atoms with Crippen LogP contribution in [0.15, 0.2) is 6.33 Å². The van der Waals surface area contributed by atoms with Crippen LogP contribution in [-0.2, 0) is 0 Å². The van der Waals surface area contributed by atoms with Crippen LogP contribution in [-0.4, -0.2) is 39.3 Å². The van der Waals surface area contributed by atoms with Gasteiger partial charge in [-0.05, 0) is 6.42 Å². The Morgan fingerprint density at radius 2 is 2.27 bits per heavy atom. The first kappa shape index (κ1) is 11.7. The van der Waals surface area contributed by atoms with Crippen molar-refractivity contribution >= 4 is 23.4 Å². The predicted molar refractivity (Wildman–Crippen MR) is 54.2 cm³/mol. The second kappa shape index (κ2) is 5.47. The van der Waals surface area contributed by atoms with Crippen LogP contribution in [0.4, 0.5) is 5.82 Å². The summed E-state index contributed by atoms with van der Waals surface area (Å²) in [7, 11) is 0. The minimum absolute atomic E-state index is 0.0251. The van der Waals surface area contributed by atoms with Crippen molar-refractivity contribution in [3.8, 4) is 0 Å². The van der Waals surface area contributed by atoms with Gasteiger partial charge in [-0.1, -0.05) is 11.6 Å². The second-order valence-corrected chi connectivity index (χ2v) is 3.07. The number of nitrogens with zero attached hydrogens (tertiary/aromatic N) is 2. The predicted octanol–water partition coefficient (Wildman–Crippen LogP) is 0.623. The number of carboxylic acid groups (broad SMARTS) is 1. The first-order valence-electron chi connectivity index (χ1n) is 4.25. The Morgan fingerprint density at radius 1 is 1.53 bits per heavy atom. The van der Waals surface area contributed by atoms with E-state index < -0.39 is 5.97 Å². The maximum absolute atomic E-state index is 10.7. The van der Waals surface area contributed by atoms with Gasteiger partial charge in [-0.2, -0.15) is 0 Å². The van der Waals surface area contributed by atoms with Crippen molar-refractivity contribution in [2.75, 3.05) is 18.5 Å². The third-order valence-electron chi connectivity index (χ3n) is 1.62. The number of aliphatic hydroxyl groups is 1. The zero-order chi connectivity index (χ0) is 11.3. The quantitative estimate of drug-likeness (QED) is 0.643. The maximum Gasteiger partial charge on any atom is 0.356 e. The summed E-state index contributed by atoms with van der Waals surface area (Å²) in [6, 6.07) is 0. The van der Waals surface area contributed by atoms with Crippen LogP contribution in [0, 0.1) is 0 Å². The van der Waals surface area contributed by atoms with E-state index in [-0.39, 0.29) is 23.1 Å². The second-order valence-electron chi connectivity index (χ2n) is 2.69. The van der Waals surface area contributed by atoms with Crippen LogP contribution < -0.4 is 5.32 Å². The molecule has 0 atom stereocenters. The van der Waals surface area contributed by atoms with Gasteiger partial charge in [-0.25, -0.2) is 14.8 Å². The molecule has 0 aliphatic rings. The first-order valence-corrected chi connectivity index (χ1v) is 4.63. The highest BCUT2D eigenvalue weighted by atomic mass is 35.5. The number of aliphatic hydroxyl groups excluding tert-OH is 1. The molecule has 0 bridgehead atoms. The molecular formula is C8H10ClN3O3. The molecule has 6 nitrogen and oxygen atoms in total. The summed E-state index contributed by atoms with van der Waals surface area (Å²) in [5.41, 5.74) is -0.238. The van der Waals surface area contributed by atoms with E-state index in [2.05, 4.69) is 15.3 Å². The van der Waals surface area contributed by atoms with E-state index in [0.717, 1.165) is 6.33 Å². The molecule has 0 radical (unpaired) electrons. The minimum atomic E-state index is -1.20. The monoisotopic (exact) mass is 231 g/mol. The average molecular weight is 232 g/mol. The number of anilines is 1. The number of hydrogen-bond acceptors (Lipinski definition) is 5. The third kappa shape index (κ3) is 3.03.